The maximum atomic E-state index is 14.4. The minimum Gasteiger partial charge on any atom is -0.490 e. The molecule has 2 aromatic rings. The van der Waals surface area contributed by atoms with E-state index in [-0.39, 0.29) is 67.0 Å². The van der Waals surface area contributed by atoms with Gasteiger partial charge in [0.25, 0.3) is 0 Å². The second-order valence-corrected chi connectivity index (χ2v) is 9.09. The summed E-state index contributed by atoms with van der Waals surface area (Å²) in [5.74, 6) is -1.20. The van der Waals surface area contributed by atoms with E-state index in [1.165, 1.54) is 18.2 Å². The Morgan fingerprint density at radius 2 is 2.03 bits per heavy atom. The number of nitrogens with zero attached hydrogens (tertiary/aromatic N) is 1. The van der Waals surface area contributed by atoms with Crippen LogP contribution in [0.2, 0.25) is 5.02 Å². The first kappa shape index (κ1) is 23.8. The monoisotopic (exact) mass is 501 g/mol. The highest BCUT2D eigenvalue weighted by molar-refractivity contribution is 7.32. The molecule has 3 atom stereocenters. The largest absolute Gasteiger partial charge is 0.695 e. The lowest BCUT2D eigenvalue weighted by Gasteiger charge is -2.42. The highest BCUT2D eigenvalue weighted by atomic mass is 35.5. The quantitative estimate of drug-likeness (QED) is 0.519. The number of amides is 1. The van der Waals surface area contributed by atoms with E-state index in [2.05, 4.69) is 5.32 Å². The van der Waals surface area contributed by atoms with Crippen molar-refractivity contribution in [3.8, 4) is 5.75 Å². The van der Waals surface area contributed by atoms with E-state index in [1.54, 1.807) is 4.90 Å². The SMILES string of the molecule is O=C1CCc2c(OC[C@]3(O)CCN(c4ccc(Cl)cc4F)C[C@H]3O[P+](=O)O)ccc(F)c2N1. The van der Waals surface area contributed by atoms with Gasteiger partial charge in [-0.05, 0) is 43.2 Å². The molecule has 2 heterocycles. The number of ether oxygens (including phenoxy) is 1. The van der Waals surface area contributed by atoms with Gasteiger partial charge < -0.3 is 20.1 Å². The maximum absolute atomic E-state index is 14.4. The van der Waals surface area contributed by atoms with Gasteiger partial charge in [0.15, 0.2) is 6.10 Å². The van der Waals surface area contributed by atoms with Gasteiger partial charge in [0.1, 0.15) is 29.6 Å². The van der Waals surface area contributed by atoms with Gasteiger partial charge in [0.05, 0.1) is 17.9 Å². The summed E-state index contributed by atoms with van der Waals surface area (Å²) in [5.41, 5.74) is -0.973. The molecule has 2 aliphatic heterocycles. The number of halogens is 3. The van der Waals surface area contributed by atoms with Crippen LogP contribution in [-0.2, 0) is 20.3 Å². The Balaban J connectivity index is 1.54. The van der Waals surface area contributed by atoms with Crippen molar-refractivity contribution in [3.63, 3.8) is 0 Å². The Hall–Kier alpha value is -2.36. The highest BCUT2D eigenvalue weighted by Crippen LogP contribution is 2.37. The van der Waals surface area contributed by atoms with Crippen molar-refractivity contribution in [2.24, 2.45) is 0 Å². The fraction of sp³-hybridized carbons (Fsp3) is 0.381. The molecule has 0 aliphatic carbocycles. The molecule has 176 valence electrons. The summed E-state index contributed by atoms with van der Waals surface area (Å²) in [4.78, 5) is 22.5. The van der Waals surface area contributed by atoms with E-state index in [4.69, 9.17) is 20.9 Å². The molecule has 1 saturated heterocycles. The number of hydrogen-bond donors (Lipinski definition) is 3. The number of piperidine rings is 1. The van der Waals surface area contributed by atoms with Crippen LogP contribution in [-0.4, -0.2) is 47.3 Å². The molecule has 12 heteroatoms. The van der Waals surface area contributed by atoms with Crippen LogP contribution in [0, 0.1) is 11.6 Å². The third-order valence-corrected chi connectivity index (χ3v) is 6.50. The van der Waals surface area contributed by atoms with Crippen molar-refractivity contribution < 1.29 is 37.4 Å². The van der Waals surface area contributed by atoms with Crippen LogP contribution >= 0.6 is 19.9 Å². The van der Waals surface area contributed by atoms with Gasteiger partial charge in [-0.1, -0.05) is 11.6 Å². The van der Waals surface area contributed by atoms with Crippen LogP contribution < -0.4 is 15.0 Å². The van der Waals surface area contributed by atoms with Gasteiger partial charge in [-0.2, -0.15) is 0 Å². The van der Waals surface area contributed by atoms with Crippen LogP contribution in [0.15, 0.2) is 30.3 Å². The van der Waals surface area contributed by atoms with Crippen molar-refractivity contribution >= 4 is 37.1 Å². The molecule has 1 amide bonds. The number of rotatable bonds is 6. The van der Waals surface area contributed by atoms with E-state index in [0.29, 0.717) is 5.56 Å². The van der Waals surface area contributed by atoms with Crippen molar-refractivity contribution in [1.29, 1.82) is 0 Å². The number of carbonyl (C=O) groups is 1. The second-order valence-electron chi connectivity index (χ2n) is 7.96. The zero-order valence-corrected chi connectivity index (χ0v) is 18.9. The van der Waals surface area contributed by atoms with Crippen molar-refractivity contribution in [1.82, 2.24) is 0 Å². The fourth-order valence-corrected chi connectivity index (χ4v) is 4.71. The molecular formula is C21H21ClF2N2O6P+. The smallest absolute Gasteiger partial charge is 0.490 e. The summed E-state index contributed by atoms with van der Waals surface area (Å²) in [6, 6.07) is 6.69. The zero-order chi connectivity index (χ0) is 23.8. The highest BCUT2D eigenvalue weighted by Gasteiger charge is 2.48. The van der Waals surface area contributed by atoms with Gasteiger partial charge in [-0.25, -0.2) is 8.78 Å². The Morgan fingerprint density at radius 3 is 2.76 bits per heavy atom. The Morgan fingerprint density at radius 1 is 1.24 bits per heavy atom. The van der Waals surface area contributed by atoms with Crippen LogP contribution in [0.25, 0.3) is 0 Å². The standard InChI is InChI=1S/C21H20ClF2N2O6P/c22-12-1-4-16(15(24)9-12)26-8-7-21(28,18(10-26)32-33(29)30)11-31-17-5-3-14(23)20-13(17)2-6-19(27)25-20/h1,3-5,9,18,28H,2,6-8,10-11H2,(H-,25,27,29,30)/p+1/t18-,21-/m1/s1. The summed E-state index contributed by atoms with van der Waals surface area (Å²) in [6.07, 6.45) is -0.733. The molecule has 8 nitrogen and oxygen atoms in total. The van der Waals surface area contributed by atoms with Crippen molar-refractivity contribution in [2.45, 2.75) is 31.0 Å². The number of carbonyl (C=O) groups excluding carboxylic acids is 1. The molecule has 1 fully saturated rings. The van der Waals surface area contributed by atoms with E-state index in [0.717, 1.165) is 12.1 Å². The van der Waals surface area contributed by atoms with Gasteiger partial charge in [0, 0.05) is 28.1 Å². The van der Waals surface area contributed by atoms with Crippen molar-refractivity contribution in [3.05, 3.63) is 52.6 Å². The third-order valence-electron chi connectivity index (χ3n) is 5.83. The minimum absolute atomic E-state index is 0.0308. The normalized spacial score (nSPS) is 23.1. The van der Waals surface area contributed by atoms with E-state index in [1.807, 2.05) is 0 Å². The second kappa shape index (κ2) is 9.48. The van der Waals surface area contributed by atoms with Crippen LogP contribution in [0.3, 0.4) is 0 Å². The molecule has 0 saturated carbocycles. The molecular weight excluding hydrogens is 481 g/mol. The number of hydrogen-bond acceptors (Lipinski definition) is 6. The molecule has 0 bridgehead atoms. The number of benzene rings is 2. The van der Waals surface area contributed by atoms with Gasteiger partial charge in [-0.3, -0.25) is 4.79 Å². The Bertz CT molecular complexity index is 1110. The molecule has 2 aromatic carbocycles. The molecule has 0 radical (unpaired) electrons. The first-order chi connectivity index (χ1) is 15.7. The zero-order valence-electron chi connectivity index (χ0n) is 17.3. The van der Waals surface area contributed by atoms with Crippen molar-refractivity contribution in [2.75, 3.05) is 29.9 Å². The Kier molecular flexibility index (Phi) is 6.83. The summed E-state index contributed by atoms with van der Waals surface area (Å²) >= 11 is 5.81. The fourth-order valence-electron chi connectivity index (χ4n) is 4.07. The molecule has 0 aromatic heterocycles. The maximum Gasteiger partial charge on any atom is 0.695 e. The molecule has 33 heavy (non-hydrogen) atoms. The number of aliphatic hydroxyl groups is 1. The number of nitrogens with one attached hydrogen (secondary N) is 1. The topological polar surface area (TPSA) is 108 Å². The summed E-state index contributed by atoms with van der Waals surface area (Å²) in [7, 11) is -3.07. The lowest BCUT2D eigenvalue weighted by molar-refractivity contribution is -0.116. The summed E-state index contributed by atoms with van der Waals surface area (Å²) in [5, 5.41) is 13.9. The predicted octanol–water partition coefficient (Wildman–Crippen LogP) is 3.56. The van der Waals surface area contributed by atoms with Gasteiger partial charge in [-0.15, -0.1) is 9.42 Å². The number of fused-ring (bicyclic) bond motifs is 1. The average molecular weight is 502 g/mol. The van der Waals surface area contributed by atoms with E-state index in [9.17, 15) is 28.1 Å². The first-order valence-electron chi connectivity index (χ1n) is 10.2. The van der Waals surface area contributed by atoms with Crippen LogP contribution in [0.5, 0.6) is 5.75 Å². The molecule has 4 rings (SSSR count). The molecule has 3 N–H and O–H groups in total. The summed E-state index contributed by atoms with van der Waals surface area (Å²) < 4.78 is 50.8. The van der Waals surface area contributed by atoms with Crippen LogP contribution in [0.4, 0.5) is 20.2 Å². The first-order valence-corrected chi connectivity index (χ1v) is 11.7. The lowest BCUT2D eigenvalue weighted by Crippen LogP contribution is -2.59. The lowest BCUT2D eigenvalue weighted by atomic mass is 9.89. The van der Waals surface area contributed by atoms with E-state index < -0.39 is 31.6 Å². The minimum atomic E-state index is -3.07. The molecule has 1 unspecified atom stereocenters. The molecule has 2 aliphatic rings. The van der Waals surface area contributed by atoms with E-state index >= 15 is 0 Å². The average Bonchev–Trinajstić information content (AvgIpc) is 2.75. The summed E-state index contributed by atoms with van der Waals surface area (Å²) in [6.45, 7) is -0.209. The third kappa shape index (κ3) is 5.10. The van der Waals surface area contributed by atoms with Gasteiger partial charge >= 0.3 is 8.25 Å². The number of anilines is 2. The van der Waals surface area contributed by atoms with Gasteiger partial charge in [0.2, 0.25) is 5.91 Å². The molecule has 0 spiro atoms. The Labute approximate surface area is 194 Å². The van der Waals surface area contributed by atoms with Crippen LogP contribution in [0.1, 0.15) is 18.4 Å². The predicted molar refractivity (Wildman–Crippen MR) is 117 cm³/mol.